The number of hydrogen-bond donors (Lipinski definition) is 2. The van der Waals surface area contributed by atoms with Crippen molar-refractivity contribution in [1.82, 2.24) is 10.2 Å². The smallest absolute Gasteiger partial charge is 0.261 e. The van der Waals surface area contributed by atoms with Gasteiger partial charge in [0.2, 0.25) is 5.91 Å². The van der Waals surface area contributed by atoms with Crippen LogP contribution in [0.2, 0.25) is 0 Å². The van der Waals surface area contributed by atoms with Crippen LogP contribution in [0, 0.1) is 0 Å². The molecule has 7 heteroatoms. The zero-order valence-electron chi connectivity index (χ0n) is 11.0. The SMILES string of the molecule is C[C@H](N)C(=O)NCCN1C(=O)c2ccccc2C1=O.Cl. The van der Waals surface area contributed by atoms with E-state index in [0.29, 0.717) is 11.1 Å². The quantitative estimate of drug-likeness (QED) is 0.775. The number of imide groups is 1. The molecule has 20 heavy (non-hydrogen) atoms. The van der Waals surface area contributed by atoms with Crippen molar-refractivity contribution in [3.63, 3.8) is 0 Å². The summed E-state index contributed by atoms with van der Waals surface area (Å²) in [6.07, 6.45) is 0. The van der Waals surface area contributed by atoms with Crippen LogP contribution in [0.4, 0.5) is 0 Å². The summed E-state index contributed by atoms with van der Waals surface area (Å²) in [7, 11) is 0. The number of halogens is 1. The molecule has 1 aromatic rings. The fourth-order valence-electron chi connectivity index (χ4n) is 1.89. The number of carbonyl (C=O) groups is 3. The molecule has 3 N–H and O–H groups in total. The number of nitrogens with two attached hydrogens (primary N) is 1. The van der Waals surface area contributed by atoms with Crippen LogP contribution in [0.3, 0.4) is 0 Å². The molecule has 0 radical (unpaired) electrons. The van der Waals surface area contributed by atoms with E-state index in [2.05, 4.69) is 5.32 Å². The molecule has 1 aromatic carbocycles. The third kappa shape index (κ3) is 2.97. The monoisotopic (exact) mass is 297 g/mol. The number of nitrogens with one attached hydrogen (secondary N) is 1. The maximum atomic E-state index is 12.0. The van der Waals surface area contributed by atoms with E-state index in [4.69, 9.17) is 5.73 Å². The minimum Gasteiger partial charge on any atom is -0.353 e. The molecule has 0 saturated heterocycles. The molecule has 2 rings (SSSR count). The molecular formula is C13H16ClN3O3. The molecule has 0 bridgehead atoms. The third-order valence-electron chi connectivity index (χ3n) is 2.93. The first-order valence-corrected chi connectivity index (χ1v) is 6.01. The van der Waals surface area contributed by atoms with Crippen LogP contribution in [-0.4, -0.2) is 41.8 Å². The van der Waals surface area contributed by atoms with Crippen molar-refractivity contribution in [2.24, 2.45) is 5.73 Å². The zero-order valence-corrected chi connectivity index (χ0v) is 11.8. The lowest BCUT2D eigenvalue weighted by Gasteiger charge is -2.14. The van der Waals surface area contributed by atoms with Gasteiger partial charge < -0.3 is 11.1 Å². The molecule has 0 aromatic heterocycles. The van der Waals surface area contributed by atoms with Gasteiger partial charge in [0.25, 0.3) is 11.8 Å². The highest BCUT2D eigenvalue weighted by Crippen LogP contribution is 2.21. The molecule has 0 fully saturated rings. The van der Waals surface area contributed by atoms with Crippen molar-refractivity contribution in [3.8, 4) is 0 Å². The van der Waals surface area contributed by atoms with Gasteiger partial charge in [0.05, 0.1) is 17.2 Å². The van der Waals surface area contributed by atoms with E-state index in [1.807, 2.05) is 0 Å². The largest absolute Gasteiger partial charge is 0.353 e. The fraction of sp³-hybridized carbons (Fsp3) is 0.308. The van der Waals surface area contributed by atoms with Gasteiger partial charge in [-0.2, -0.15) is 0 Å². The Kier molecular flexibility index (Phi) is 5.24. The number of benzene rings is 1. The lowest BCUT2D eigenvalue weighted by Crippen LogP contribution is -2.43. The zero-order chi connectivity index (χ0) is 14.0. The summed E-state index contributed by atoms with van der Waals surface area (Å²) < 4.78 is 0. The maximum absolute atomic E-state index is 12.0. The predicted octanol–water partition coefficient (Wildman–Crippen LogP) is 0.168. The van der Waals surface area contributed by atoms with Crippen LogP contribution in [0.15, 0.2) is 24.3 Å². The van der Waals surface area contributed by atoms with Gasteiger partial charge in [0.1, 0.15) is 0 Å². The molecule has 0 spiro atoms. The number of hydrogen-bond acceptors (Lipinski definition) is 4. The first kappa shape index (κ1) is 16.1. The standard InChI is InChI=1S/C13H15N3O3.ClH/c1-8(14)11(17)15-6-7-16-12(18)9-4-2-3-5-10(9)13(16)19;/h2-5,8H,6-7,14H2,1H3,(H,15,17);1H/t8-;/m0./s1. The van der Waals surface area contributed by atoms with Gasteiger partial charge in [0.15, 0.2) is 0 Å². The summed E-state index contributed by atoms with van der Waals surface area (Å²) in [6, 6.07) is 6.06. The van der Waals surface area contributed by atoms with Gasteiger partial charge in [0, 0.05) is 13.1 Å². The number of rotatable bonds is 4. The van der Waals surface area contributed by atoms with E-state index in [1.54, 1.807) is 31.2 Å². The molecule has 108 valence electrons. The van der Waals surface area contributed by atoms with Crippen molar-refractivity contribution >= 4 is 30.1 Å². The molecule has 0 aliphatic carbocycles. The molecule has 6 nitrogen and oxygen atoms in total. The van der Waals surface area contributed by atoms with Gasteiger partial charge in [-0.05, 0) is 19.1 Å². The summed E-state index contributed by atoms with van der Waals surface area (Å²) in [5.74, 6) is -0.956. The van der Waals surface area contributed by atoms with Crippen molar-refractivity contribution < 1.29 is 14.4 Å². The average Bonchev–Trinajstić information content (AvgIpc) is 2.64. The Morgan fingerprint density at radius 2 is 1.75 bits per heavy atom. The summed E-state index contributed by atoms with van der Waals surface area (Å²) in [5, 5.41) is 2.57. The first-order chi connectivity index (χ1) is 9.02. The van der Waals surface area contributed by atoms with Crippen molar-refractivity contribution in [3.05, 3.63) is 35.4 Å². The van der Waals surface area contributed by atoms with E-state index < -0.39 is 6.04 Å². The predicted molar refractivity (Wildman–Crippen MR) is 75.7 cm³/mol. The number of carbonyl (C=O) groups excluding carboxylic acids is 3. The van der Waals surface area contributed by atoms with Crippen LogP contribution in [0.25, 0.3) is 0 Å². The average molecular weight is 298 g/mol. The minimum atomic E-state index is -0.609. The van der Waals surface area contributed by atoms with Crippen LogP contribution in [0.5, 0.6) is 0 Å². The number of fused-ring (bicyclic) bond motifs is 1. The Hall–Kier alpha value is -1.92. The molecule has 0 saturated carbocycles. The number of nitrogens with zero attached hydrogens (tertiary/aromatic N) is 1. The maximum Gasteiger partial charge on any atom is 0.261 e. The van der Waals surface area contributed by atoms with E-state index in [-0.39, 0.29) is 43.2 Å². The number of amides is 3. The summed E-state index contributed by atoms with van der Waals surface area (Å²) in [6.45, 7) is 1.91. The Bertz CT molecular complexity index is 510. The Morgan fingerprint density at radius 3 is 2.20 bits per heavy atom. The highest BCUT2D eigenvalue weighted by atomic mass is 35.5. The second-order valence-electron chi connectivity index (χ2n) is 4.39. The molecule has 1 aliphatic rings. The van der Waals surface area contributed by atoms with E-state index >= 15 is 0 Å². The molecule has 1 heterocycles. The van der Waals surface area contributed by atoms with Crippen LogP contribution >= 0.6 is 12.4 Å². The van der Waals surface area contributed by atoms with Crippen LogP contribution in [0.1, 0.15) is 27.6 Å². The summed E-state index contributed by atoms with van der Waals surface area (Å²) >= 11 is 0. The van der Waals surface area contributed by atoms with E-state index in [9.17, 15) is 14.4 Å². The lowest BCUT2D eigenvalue weighted by molar-refractivity contribution is -0.122. The third-order valence-corrected chi connectivity index (χ3v) is 2.93. The molecule has 3 amide bonds. The van der Waals surface area contributed by atoms with Gasteiger partial charge in [-0.15, -0.1) is 12.4 Å². The second kappa shape index (κ2) is 6.49. The Balaban J connectivity index is 0.00000200. The second-order valence-corrected chi connectivity index (χ2v) is 4.39. The molecular weight excluding hydrogens is 282 g/mol. The molecule has 0 unspecified atom stereocenters. The summed E-state index contributed by atoms with van der Waals surface area (Å²) in [5.41, 5.74) is 6.21. The van der Waals surface area contributed by atoms with Crippen molar-refractivity contribution in [1.29, 1.82) is 0 Å². The van der Waals surface area contributed by atoms with Crippen LogP contribution < -0.4 is 11.1 Å². The first-order valence-electron chi connectivity index (χ1n) is 6.01. The van der Waals surface area contributed by atoms with Crippen molar-refractivity contribution in [2.45, 2.75) is 13.0 Å². The normalized spacial score (nSPS) is 14.6. The highest BCUT2D eigenvalue weighted by Gasteiger charge is 2.34. The Labute approximate surface area is 122 Å². The topological polar surface area (TPSA) is 92.5 Å². The molecule has 1 atom stereocenters. The van der Waals surface area contributed by atoms with Crippen LogP contribution in [-0.2, 0) is 4.79 Å². The minimum absolute atomic E-state index is 0. The van der Waals surface area contributed by atoms with E-state index in [0.717, 1.165) is 4.90 Å². The summed E-state index contributed by atoms with van der Waals surface area (Å²) in [4.78, 5) is 36.4. The van der Waals surface area contributed by atoms with Gasteiger partial charge in [-0.25, -0.2) is 0 Å². The Morgan fingerprint density at radius 1 is 1.25 bits per heavy atom. The highest BCUT2D eigenvalue weighted by molar-refractivity contribution is 6.21. The van der Waals surface area contributed by atoms with E-state index in [1.165, 1.54) is 0 Å². The van der Waals surface area contributed by atoms with Gasteiger partial charge in [-0.1, -0.05) is 12.1 Å². The van der Waals surface area contributed by atoms with Crippen molar-refractivity contribution in [2.75, 3.05) is 13.1 Å². The van der Waals surface area contributed by atoms with Gasteiger partial charge >= 0.3 is 0 Å². The molecule has 1 aliphatic heterocycles. The van der Waals surface area contributed by atoms with Gasteiger partial charge in [-0.3, -0.25) is 19.3 Å². The fourth-order valence-corrected chi connectivity index (χ4v) is 1.89. The lowest BCUT2D eigenvalue weighted by atomic mass is 10.1.